The van der Waals surface area contributed by atoms with Crippen molar-refractivity contribution in [3.05, 3.63) is 145 Å². The van der Waals surface area contributed by atoms with Crippen LogP contribution in [0.25, 0.3) is 45.3 Å². The predicted octanol–water partition coefficient (Wildman–Crippen LogP) is 10.2. The van der Waals surface area contributed by atoms with E-state index in [0.717, 1.165) is 33.8 Å². The molecule has 0 saturated heterocycles. The number of rotatable bonds is 5. The lowest BCUT2D eigenvalue weighted by atomic mass is 10.1. The lowest BCUT2D eigenvalue weighted by Gasteiger charge is -2.04. The van der Waals surface area contributed by atoms with Crippen molar-refractivity contribution >= 4 is 75.4 Å². The van der Waals surface area contributed by atoms with E-state index in [-0.39, 0.29) is 5.84 Å². The third kappa shape index (κ3) is 10.5. The second-order valence-corrected chi connectivity index (χ2v) is 13.1. The summed E-state index contributed by atoms with van der Waals surface area (Å²) in [5.74, 6) is 0.611. The average Bonchev–Trinajstić information content (AvgIpc) is 3.62. The minimum Gasteiger partial charge on any atom is -0.382 e. The van der Waals surface area contributed by atoms with Crippen LogP contribution < -0.4 is 5.73 Å². The number of nitrogen functional groups attached to an aromatic ring is 1. The van der Waals surface area contributed by atoms with Gasteiger partial charge in [0.25, 0.3) is 0 Å². The number of aryl methyl sites for hydroxylation is 1. The quantitative estimate of drug-likeness (QED) is 0.112. The maximum Gasteiger partial charge on any atom is 0.156 e. The van der Waals surface area contributed by atoms with Crippen molar-refractivity contribution in [1.29, 1.82) is 10.7 Å². The van der Waals surface area contributed by atoms with Crippen LogP contribution in [-0.2, 0) is 0 Å². The predicted molar refractivity (Wildman–Crippen MR) is 211 cm³/mol. The van der Waals surface area contributed by atoms with Crippen LogP contribution in [0.5, 0.6) is 0 Å². The molecule has 0 radical (unpaired) electrons. The lowest BCUT2D eigenvalue weighted by molar-refractivity contribution is 1.14. The Kier molecular flexibility index (Phi) is 13.3. The number of aromatic amines is 1. The molecule has 11 nitrogen and oxygen atoms in total. The first-order valence-corrected chi connectivity index (χ1v) is 17.3. The van der Waals surface area contributed by atoms with Crippen molar-refractivity contribution in [2.75, 3.05) is 0 Å². The van der Waals surface area contributed by atoms with Gasteiger partial charge in [0.2, 0.25) is 0 Å². The maximum absolute atomic E-state index is 8.72. The largest absolute Gasteiger partial charge is 0.382 e. The third-order valence-corrected chi connectivity index (χ3v) is 9.20. The van der Waals surface area contributed by atoms with Crippen LogP contribution >= 0.6 is 69.6 Å². The van der Waals surface area contributed by atoms with Gasteiger partial charge in [-0.3, -0.25) is 5.41 Å². The highest BCUT2D eigenvalue weighted by molar-refractivity contribution is 6.43. The van der Waals surface area contributed by atoms with Gasteiger partial charge in [0.05, 0.1) is 47.2 Å². The SMILES string of the molecule is Cc1cnc(-c2cc(-c3ccc(Cl)c(Cl)c3)ncn2)[nH]1.N#Cc1cc(-c2ccc(Cl)c(Cl)c2)ncn1.N=C(N)c1cc(-c2ccc(Cl)c(Cl)c2)ncn1. The van der Waals surface area contributed by atoms with Crippen molar-refractivity contribution in [1.82, 2.24) is 39.9 Å². The fourth-order valence-corrected chi connectivity index (χ4v) is 5.29. The fraction of sp³-hybridized carbons (Fsp3) is 0.0278. The summed E-state index contributed by atoms with van der Waals surface area (Å²) in [7, 11) is 0. The normalized spacial score (nSPS) is 10.3. The molecular weight excluding hydrogens is 799 g/mol. The Bertz CT molecular complexity index is 2460. The highest BCUT2D eigenvalue weighted by atomic mass is 35.5. The molecule has 0 bridgehead atoms. The van der Waals surface area contributed by atoms with E-state index in [1.54, 1.807) is 66.9 Å². The van der Waals surface area contributed by atoms with Gasteiger partial charge in [-0.15, -0.1) is 0 Å². The molecule has 0 spiro atoms. The number of nitriles is 1. The lowest BCUT2D eigenvalue weighted by Crippen LogP contribution is -2.13. The number of imidazole rings is 1. The van der Waals surface area contributed by atoms with E-state index in [4.69, 9.17) is 86.0 Å². The number of nitrogens with one attached hydrogen (secondary N) is 2. The molecule has 4 heterocycles. The second-order valence-electron chi connectivity index (χ2n) is 10.7. The number of hydrogen-bond donors (Lipinski definition) is 3. The van der Waals surface area contributed by atoms with Gasteiger partial charge >= 0.3 is 0 Å². The van der Waals surface area contributed by atoms with Crippen LogP contribution in [0.1, 0.15) is 17.1 Å². The van der Waals surface area contributed by atoms with Gasteiger partial charge in [0.15, 0.2) is 5.82 Å². The van der Waals surface area contributed by atoms with Crippen LogP contribution in [-0.4, -0.2) is 45.7 Å². The molecular formula is C36H23Cl6N11. The molecule has 0 saturated carbocycles. The molecule has 0 aliphatic heterocycles. The Hall–Kier alpha value is -5.19. The van der Waals surface area contributed by atoms with Crippen LogP contribution in [0, 0.1) is 23.7 Å². The maximum atomic E-state index is 8.72. The number of hydrogen-bond acceptors (Lipinski definition) is 9. The zero-order valence-corrected chi connectivity index (χ0v) is 31.7. The number of aromatic nitrogens is 8. The fourth-order valence-electron chi connectivity index (χ4n) is 4.39. The number of nitrogens with zero attached hydrogens (tertiary/aromatic N) is 8. The first-order valence-electron chi connectivity index (χ1n) is 15.0. The molecule has 0 aliphatic carbocycles. The van der Waals surface area contributed by atoms with Crippen molar-refractivity contribution in [3.63, 3.8) is 0 Å². The molecule has 0 unspecified atom stereocenters. The summed E-state index contributed by atoms with van der Waals surface area (Å²) in [6, 6.07) is 22.8. The van der Waals surface area contributed by atoms with E-state index < -0.39 is 0 Å². The first kappa shape index (κ1) is 39.0. The van der Waals surface area contributed by atoms with Crippen LogP contribution in [0.15, 0.2) is 98.0 Å². The molecule has 0 amide bonds. The summed E-state index contributed by atoms with van der Waals surface area (Å²) in [5, 5.41) is 18.9. The van der Waals surface area contributed by atoms with Crippen molar-refractivity contribution in [2.24, 2.45) is 5.73 Å². The molecule has 0 aliphatic rings. The monoisotopic (exact) mass is 819 g/mol. The third-order valence-electron chi connectivity index (χ3n) is 6.98. The molecule has 4 N–H and O–H groups in total. The molecule has 7 aromatic rings. The molecule has 17 heteroatoms. The Morgan fingerprint density at radius 3 is 1.49 bits per heavy atom. The zero-order chi connectivity index (χ0) is 38.1. The summed E-state index contributed by atoms with van der Waals surface area (Å²) in [4.78, 5) is 31.7. The Morgan fingerprint density at radius 2 is 1.04 bits per heavy atom. The Balaban J connectivity index is 0.000000154. The summed E-state index contributed by atoms with van der Waals surface area (Å²) in [5.41, 5.74) is 12.3. The first-order chi connectivity index (χ1) is 25.4. The van der Waals surface area contributed by atoms with Crippen molar-refractivity contribution < 1.29 is 0 Å². The minimum atomic E-state index is -0.103. The summed E-state index contributed by atoms with van der Waals surface area (Å²) < 4.78 is 0. The summed E-state index contributed by atoms with van der Waals surface area (Å²) in [6.07, 6.45) is 5.96. The van der Waals surface area contributed by atoms with E-state index in [2.05, 4.69) is 39.9 Å². The zero-order valence-electron chi connectivity index (χ0n) is 27.2. The van der Waals surface area contributed by atoms with Gasteiger partial charge < -0.3 is 10.7 Å². The molecule has 4 aromatic heterocycles. The molecule has 3 aromatic carbocycles. The van der Waals surface area contributed by atoms with Gasteiger partial charge in [-0.25, -0.2) is 34.9 Å². The molecule has 0 fully saturated rings. The van der Waals surface area contributed by atoms with E-state index in [9.17, 15) is 0 Å². The van der Waals surface area contributed by atoms with E-state index in [0.29, 0.717) is 58.7 Å². The van der Waals surface area contributed by atoms with Crippen molar-refractivity contribution in [2.45, 2.75) is 6.92 Å². The van der Waals surface area contributed by atoms with Gasteiger partial charge in [-0.2, -0.15) is 5.26 Å². The summed E-state index contributed by atoms with van der Waals surface area (Å²) >= 11 is 35.4. The molecule has 53 heavy (non-hydrogen) atoms. The van der Waals surface area contributed by atoms with Crippen LogP contribution in [0.4, 0.5) is 0 Å². The second kappa shape index (κ2) is 18.0. The Labute approximate surface area is 333 Å². The van der Waals surface area contributed by atoms with Crippen LogP contribution in [0.3, 0.4) is 0 Å². The number of halogens is 6. The molecule has 7 rings (SSSR count). The number of nitrogens with two attached hydrogens (primary N) is 1. The summed E-state index contributed by atoms with van der Waals surface area (Å²) in [6.45, 7) is 1.94. The van der Waals surface area contributed by atoms with Gasteiger partial charge in [-0.1, -0.05) is 87.8 Å². The molecule has 0 atom stereocenters. The highest BCUT2D eigenvalue weighted by Gasteiger charge is 2.09. The average molecular weight is 822 g/mol. The van der Waals surface area contributed by atoms with Crippen LogP contribution in [0.2, 0.25) is 30.1 Å². The minimum absolute atomic E-state index is 0.103. The molecule has 264 valence electrons. The van der Waals surface area contributed by atoms with E-state index in [1.807, 2.05) is 25.1 Å². The van der Waals surface area contributed by atoms with Crippen molar-refractivity contribution in [3.8, 4) is 51.4 Å². The van der Waals surface area contributed by atoms with E-state index >= 15 is 0 Å². The van der Waals surface area contributed by atoms with Gasteiger partial charge in [-0.05, 0) is 55.5 Å². The topological polar surface area (TPSA) is 180 Å². The standard InChI is InChI=1S/C14H10Cl2N4.C11H8Cl2N4.C11H5Cl2N3/c1-8-6-17-14(20-8)13-5-12(18-7-19-13)9-2-3-10(15)11(16)4-9;12-7-2-1-6(3-8(7)13)9-4-10(11(14)15)17-5-16-9;12-9-2-1-7(3-10(9)13)11-4-8(5-14)15-6-16-11/h2-7H,1H3,(H,17,20);1-5H,(H3,14,15);1-4,6H. The Morgan fingerprint density at radius 1 is 0.585 bits per heavy atom. The van der Waals surface area contributed by atoms with Gasteiger partial charge in [0, 0.05) is 34.6 Å². The smallest absolute Gasteiger partial charge is 0.156 e. The number of benzene rings is 3. The van der Waals surface area contributed by atoms with Gasteiger partial charge in [0.1, 0.15) is 48.0 Å². The number of amidine groups is 1. The highest BCUT2D eigenvalue weighted by Crippen LogP contribution is 2.30. The number of H-pyrrole nitrogens is 1. The van der Waals surface area contributed by atoms with E-state index in [1.165, 1.54) is 19.0 Å².